The van der Waals surface area contributed by atoms with E-state index in [0.717, 1.165) is 10.8 Å². The van der Waals surface area contributed by atoms with Crippen molar-refractivity contribution in [2.75, 3.05) is 24.3 Å². The smallest absolute Gasteiger partial charge is 0.352 e. The van der Waals surface area contributed by atoms with Gasteiger partial charge in [-0.05, 0) is 12.1 Å². The molecule has 0 saturated carbocycles. The summed E-state index contributed by atoms with van der Waals surface area (Å²) in [5.41, 5.74) is 12.2. The number of aromatic nitrogens is 3. The first-order valence-corrected chi connectivity index (χ1v) is 11.9. The van der Waals surface area contributed by atoms with E-state index >= 15 is 0 Å². The molecule has 1 aromatic carbocycles. The second-order valence-electron chi connectivity index (χ2n) is 8.16. The zero-order valence-corrected chi connectivity index (χ0v) is 20.1. The van der Waals surface area contributed by atoms with Crippen molar-refractivity contribution in [2.45, 2.75) is 18.0 Å². The van der Waals surface area contributed by atoms with Gasteiger partial charge >= 0.3 is 12.0 Å². The minimum Gasteiger partial charge on any atom is -0.477 e. The predicted octanol–water partition coefficient (Wildman–Crippen LogP) is -0.536. The lowest BCUT2D eigenvalue weighted by molar-refractivity contribution is -0.687. The molecule has 2 aliphatic rings. The van der Waals surface area contributed by atoms with E-state index < -0.39 is 29.2 Å². The van der Waals surface area contributed by atoms with Crippen LogP contribution in [0.15, 0.2) is 57.6 Å². The largest absolute Gasteiger partial charge is 0.477 e. The number of carboxylic acids is 1. The third-order valence-corrected chi connectivity index (χ3v) is 7.21. The normalized spacial score (nSPS) is 19.4. The number of β-lactam (4-membered cyclic amide) rings is 1. The molecule has 2 atom stereocenters. The standard InChI is InChI=1S/C22H20N8O6S/c1-35-27-14(17-26-22(24)36-28-17)18(31)25-15-19(32)30-16(21(33)34)11(9-37-20(15)30)8-29-6-5-12-10(7-29)3-2-4-13(12)23/h2-7,15,20H,8-9,23H2,1H3,(H3-,24,25,26,28,31,33,34)/p+1/b27-14+. The van der Waals surface area contributed by atoms with Gasteiger partial charge in [0.05, 0.1) is 0 Å². The summed E-state index contributed by atoms with van der Waals surface area (Å²) in [5, 5.41) is 20.8. The number of fused-ring (bicyclic) bond motifs is 2. The summed E-state index contributed by atoms with van der Waals surface area (Å²) >= 11 is 1.34. The van der Waals surface area contributed by atoms with Crippen LogP contribution in [-0.2, 0) is 25.8 Å². The van der Waals surface area contributed by atoms with Gasteiger partial charge in [-0.2, -0.15) is 4.98 Å². The quantitative estimate of drug-likeness (QED) is 0.101. The molecule has 37 heavy (non-hydrogen) atoms. The van der Waals surface area contributed by atoms with Crippen molar-refractivity contribution < 1.29 is 33.4 Å². The molecule has 14 nitrogen and oxygen atoms in total. The first-order chi connectivity index (χ1) is 17.8. The summed E-state index contributed by atoms with van der Waals surface area (Å²) < 4.78 is 6.51. The lowest BCUT2D eigenvalue weighted by Crippen LogP contribution is -2.71. The van der Waals surface area contributed by atoms with Gasteiger partial charge < -0.3 is 31.3 Å². The lowest BCUT2D eigenvalue weighted by Gasteiger charge is -2.49. The Morgan fingerprint density at radius 3 is 2.89 bits per heavy atom. The first kappa shape index (κ1) is 24.1. The van der Waals surface area contributed by atoms with Crippen LogP contribution in [0.1, 0.15) is 5.82 Å². The van der Waals surface area contributed by atoms with E-state index in [2.05, 4.69) is 30.0 Å². The Balaban J connectivity index is 1.36. The van der Waals surface area contributed by atoms with Crippen LogP contribution >= 0.6 is 11.8 Å². The van der Waals surface area contributed by atoms with E-state index in [1.807, 2.05) is 41.2 Å². The first-order valence-electron chi connectivity index (χ1n) is 10.9. The number of nitrogens with two attached hydrogens (primary N) is 2. The van der Waals surface area contributed by atoms with Crippen LogP contribution in [0, 0.1) is 0 Å². The molecule has 3 aromatic rings. The number of anilines is 2. The van der Waals surface area contributed by atoms with E-state index in [4.69, 9.17) is 11.5 Å². The number of nitrogens with zero attached hydrogens (tertiary/aromatic N) is 5. The van der Waals surface area contributed by atoms with Crippen molar-refractivity contribution in [3.05, 3.63) is 53.8 Å². The van der Waals surface area contributed by atoms with Gasteiger partial charge in [0.2, 0.25) is 11.5 Å². The molecule has 2 aliphatic heterocycles. The van der Waals surface area contributed by atoms with Crippen molar-refractivity contribution in [1.82, 2.24) is 20.4 Å². The van der Waals surface area contributed by atoms with Gasteiger partial charge in [-0.1, -0.05) is 16.4 Å². The van der Waals surface area contributed by atoms with E-state index in [0.29, 0.717) is 17.0 Å². The fourth-order valence-electron chi connectivity index (χ4n) is 4.24. The number of oxime groups is 1. The Kier molecular flexibility index (Phi) is 6.12. The maximum absolute atomic E-state index is 13.0. The molecule has 4 heterocycles. The fourth-order valence-corrected chi connectivity index (χ4v) is 5.57. The summed E-state index contributed by atoms with van der Waals surface area (Å²) in [6.07, 6.45) is 3.68. The molecule has 0 radical (unpaired) electrons. The zero-order valence-electron chi connectivity index (χ0n) is 19.3. The molecule has 0 aliphatic carbocycles. The van der Waals surface area contributed by atoms with Gasteiger partial charge in [0.1, 0.15) is 24.2 Å². The third-order valence-electron chi connectivity index (χ3n) is 5.87. The Hall–Kier alpha value is -4.66. The van der Waals surface area contributed by atoms with E-state index in [9.17, 15) is 19.5 Å². The Labute approximate surface area is 212 Å². The summed E-state index contributed by atoms with van der Waals surface area (Å²) in [7, 11) is 1.22. The molecular formula is C22H21N8O6S+. The van der Waals surface area contributed by atoms with E-state index in [1.54, 1.807) is 0 Å². The van der Waals surface area contributed by atoms with E-state index in [1.165, 1.54) is 23.8 Å². The minimum absolute atomic E-state index is 0.101. The van der Waals surface area contributed by atoms with Crippen LogP contribution in [0.25, 0.3) is 10.8 Å². The van der Waals surface area contributed by atoms with Crippen LogP contribution in [-0.4, -0.2) is 67.9 Å². The molecular weight excluding hydrogens is 504 g/mol. The van der Waals surface area contributed by atoms with Crippen molar-refractivity contribution in [1.29, 1.82) is 0 Å². The van der Waals surface area contributed by atoms with Gasteiger partial charge in [0.15, 0.2) is 18.9 Å². The van der Waals surface area contributed by atoms with Gasteiger partial charge in [-0.3, -0.25) is 14.5 Å². The van der Waals surface area contributed by atoms with E-state index in [-0.39, 0.29) is 29.8 Å². The highest BCUT2D eigenvalue weighted by Crippen LogP contribution is 2.40. The number of amides is 2. The van der Waals surface area contributed by atoms with Gasteiger partial charge in [-0.15, -0.1) is 11.8 Å². The van der Waals surface area contributed by atoms with Crippen molar-refractivity contribution in [3.63, 3.8) is 0 Å². The molecule has 6 N–H and O–H groups in total. The highest BCUT2D eigenvalue weighted by molar-refractivity contribution is 8.00. The highest BCUT2D eigenvalue weighted by atomic mass is 32.2. The zero-order chi connectivity index (χ0) is 26.3. The van der Waals surface area contributed by atoms with Crippen LogP contribution in [0.3, 0.4) is 0 Å². The number of thioether (sulfide) groups is 1. The van der Waals surface area contributed by atoms with Gasteiger partial charge in [0, 0.05) is 33.9 Å². The predicted molar refractivity (Wildman–Crippen MR) is 130 cm³/mol. The number of pyridine rings is 1. The molecule has 15 heteroatoms. The molecule has 2 unspecified atom stereocenters. The number of carbonyl (C=O) groups excluding carboxylic acids is 2. The summed E-state index contributed by atoms with van der Waals surface area (Å²) in [6, 6.07) is 6.15. The van der Waals surface area contributed by atoms with Crippen LogP contribution < -0.4 is 21.4 Å². The molecule has 1 saturated heterocycles. The van der Waals surface area contributed by atoms with Crippen LogP contribution in [0.5, 0.6) is 0 Å². The number of nitrogen functional groups attached to an aromatic ring is 2. The molecule has 1 fully saturated rings. The Morgan fingerprint density at radius 2 is 2.19 bits per heavy atom. The monoisotopic (exact) mass is 525 g/mol. The average molecular weight is 526 g/mol. The maximum Gasteiger partial charge on any atom is 0.352 e. The molecule has 0 spiro atoms. The average Bonchev–Trinajstić information content (AvgIpc) is 3.31. The molecule has 2 amide bonds. The number of rotatable bonds is 7. The SMILES string of the molecule is CO/N=C(/C(=O)NC1C(=O)N2C(C(=O)O)=C(C[n+]3ccc4c(N)cccc4c3)CSC12)c1noc(N)n1. The number of benzene rings is 1. The lowest BCUT2D eigenvalue weighted by atomic mass is 10.0. The Bertz CT molecular complexity index is 1500. The number of hydrogen-bond donors (Lipinski definition) is 4. The fraction of sp³-hybridized carbons (Fsp3) is 0.227. The molecule has 5 rings (SSSR count). The second kappa shape index (κ2) is 9.42. The molecule has 2 aromatic heterocycles. The van der Waals surface area contributed by atoms with Crippen molar-refractivity contribution in [2.24, 2.45) is 5.16 Å². The number of hydrogen-bond acceptors (Lipinski definition) is 11. The van der Waals surface area contributed by atoms with Crippen molar-refractivity contribution in [3.8, 4) is 0 Å². The number of carboxylic acid groups (broad SMARTS) is 1. The highest BCUT2D eigenvalue weighted by Gasteiger charge is 2.55. The number of aliphatic carboxylic acids is 1. The van der Waals surface area contributed by atoms with Crippen molar-refractivity contribution >= 4 is 57.7 Å². The maximum atomic E-state index is 13.0. The van der Waals surface area contributed by atoms with Crippen LogP contribution in [0.2, 0.25) is 0 Å². The number of nitrogens with one attached hydrogen (secondary N) is 1. The third kappa shape index (κ3) is 4.29. The summed E-state index contributed by atoms with van der Waals surface area (Å²) in [5.74, 6) is -2.49. The topological polar surface area (TPSA) is 203 Å². The van der Waals surface area contributed by atoms with Crippen LogP contribution in [0.4, 0.5) is 11.7 Å². The number of carbonyl (C=O) groups is 3. The van der Waals surface area contributed by atoms with Gasteiger partial charge in [0.25, 0.3) is 11.8 Å². The van der Waals surface area contributed by atoms with Gasteiger partial charge in [-0.25, -0.2) is 9.36 Å². The summed E-state index contributed by atoms with van der Waals surface area (Å²) in [4.78, 5) is 47.7. The molecule has 190 valence electrons. The molecule has 0 bridgehead atoms. The Morgan fingerprint density at radius 1 is 1.38 bits per heavy atom. The summed E-state index contributed by atoms with van der Waals surface area (Å²) in [6.45, 7) is 0.261. The second-order valence-corrected chi connectivity index (χ2v) is 9.27. The minimum atomic E-state index is -1.23.